The van der Waals surface area contributed by atoms with Crippen LogP contribution in [0, 0.1) is 12.3 Å². The van der Waals surface area contributed by atoms with E-state index in [4.69, 9.17) is 11.2 Å². The average molecular weight is 219 g/mol. The number of carbonyl (C=O) groups excluding carboxylic acids is 1. The topological polar surface area (TPSA) is 58.6 Å². The third-order valence-corrected chi connectivity index (χ3v) is 1.86. The summed E-state index contributed by atoms with van der Waals surface area (Å²) in [6.07, 6.45) is 4.35. The molecule has 1 aromatic rings. The Morgan fingerprint density at radius 2 is 2.44 bits per heavy atom. The van der Waals surface area contributed by atoms with E-state index < -0.39 is 6.10 Å². The Labute approximate surface area is 94.2 Å². The summed E-state index contributed by atoms with van der Waals surface area (Å²) in [5, 5.41) is 11.7. The average Bonchev–Trinajstić information content (AvgIpc) is 2.25. The highest BCUT2D eigenvalue weighted by Gasteiger charge is 2.13. The fourth-order valence-corrected chi connectivity index (χ4v) is 1.10. The highest BCUT2D eigenvalue weighted by molar-refractivity contribution is 5.80. The van der Waals surface area contributed by atoms with Gasteiger partial charge in [-0.15, -0.1) is 6.42 Å². The molecule has 16 heavy (non-hydrogen) atoms. The number of terminal acetylenes is 1. The minimum Gasteiger partial charge on any atom is -0.508 e. The minimum atomic E-state index is -0.657. The van der Waals surface area contributed by atoms with Gasteiger partial charge in [-0.3, -0.25) is 4.79 Å². The van der Waals surface area contributed by atoms with Crippen molar-refractivity contribution in [1.82, 2.24) is 5.32 Å². The van der Waals surface area contributed by atoms with Gasteiger partial charge in [0.2, 0.25) is 0 Å². The second-order valence-electron chi connectivity index (χ2n) is 3.18. The number of phenols is 1. The molecule has 4 heteroatoms. The van der Waals surface area contributed by atoms with Gasteiger partial charge in [0, 0.05) is 6.07 Å². The fraction of sp³-hybridized carbons (Fsp3) is 0.250. The number of phenolic OH excluding ortho intramolecular Hbond substituents is 1. The van der Waals surface area contributed by atoms with Crippen LogP contribution < -0.4 is 10.1 Å². The van der Waals surface area contributed by atoms with E-state index in [0.29, 0.717) is 5.75 Å². The molecule has 0 aliphatic rings. The molecule has 0 heterocycles. The quantitative estimate of drug-likeness (QED) is 0.740. The van der Waals surface area contributed by atoms with Gasteiger partial charge in [-0.1, -0.05) is 12.0 Å². The van der Waals surface area contributed by atoms with Gasteiger partial charge in [0.15, 0.2) is 6.10 Å². The molecule has 1 atom stereocenters. The number of nitrogens with one attached hydrogen (secondary N) is 1. The molecule has 0 fully saturated rings. The summed E-state index contributed by atoms with van der Waals surface area (Å²) < 4.78 is 5.31. The smallest absolute Gasteiger partial charge is 0.261 e. The van der Waals surface area contributed by atoms with E-state index >= 15 is 0 Å². The van der Waals surface area contributed by atoms with Crippen molar-refractivity contribution in [3.05, 3.63) is 24.3 Å². The van der Waals surface area contributed by atoms with Crippen molar-refractivity contribution >= 4 is 5.91 Å². The Morgan fingerprint density at radius 3 is 3.06 bits per heavy atom. The molecule has 1 aromatic carbocycles. The van der Waals surface area contributed by atoms with Gasteiger partial charge >= 0.3 is 0 Å². The van der Waals surface area contributed by atoms with Crippen molar-refractivity contribution in [1.29, 1.82) is 0 Å². The standard InChI is InChI=1S/C12H13NO3/c1-3-7-13-12(15)9(2)16-11-6-4-5-10(14)8-11/h1,4-6,8-9,14H,7H2,2H3,(H,13,15). The Hall–Kier alpha value is -2.15. The number of rotatable bonds is 4. The molecule has 0 spiro atoms. The van der Waals surface area contributed by atoms with Crippen LogP contribution in [0.5, 0.6) is 11.5 Å². The molecule has 0 saturated carbocycles. The zero-order chi connectivity index (χ0) is 12.0. The lowest BCUT2D eigenvalue weighted by Gasteiger charge is -2.13. The van der Waals surface area contributed by atoms with Gasteiger partial charge in [0.05, 0.1) is 6.54 Å². The maximum absolute atomic E-state index is 11.4. The number of ether oxygens (including phenoxy) is 1. The first kappa shape index (κ1) is 11.9. The SMILES string of the molecule is C#CCNC(=O)C(C)Oc1cccc(O)c1. The fourth-order valence-electron chi connectivity index (χ4n) is 1.10. The van der Waals surface area contributed by atoms with Crippen molar-refractivity contribution in [3.63, 3.8) is 0 Å². The molecule has 2 N–H and O–H groups in total. The van der Waals surface area contributed by atoms with Gasteiger partial charge < -0.3 is 15.2 Å². The van der Waals surface area contributed by atoms with E-state index in [1.165, 1.54) is 12.1 Å². The summed E-state index contributed by atoms with van der Waals surface area (Å²) in [5.41, 5.74) is 0. The molecule has 1 rings (SSSR count). The van der Waals surface area contributed by atoms with Crippen LogP contribution in [0.2, 0.25) is 0 Å². The van der Waals surface area contributed by atoms with Crippen LogP contribution >= 0.6 is 0 Å². The molecule has 0 aromatic heterocycles. The number of amides is 1. The van der Waals surface area contributed by atoms with Crippen LogP contribution in [0.1, 0.15) is 6.92 Å². The van der Waals surface area contributed by atoms with E-state index in [0.717, 1.165) is 0 Å². The van der Waals surface area contributed by atoms with Gasteiger partial charge in [0.1, 0.15) is 11.5 Å². The van der Waals surface area contributed by atoms with Crippen LogP contribution in [0.4, 0.5) is 0 Å². The van der Waals surface area contributed by atoms with Crippen LogP contribution in [-0.4, -0.2) is 23.7 Å². The zero-order valence-corrected chi connectivity index (χ0v) is 8.93. The Kier molecular flexibility index (Phi) is 4.22. The lowest BCUT2D eigenvalue weighted by molar-refractivity contribution is -0.127. The van der Waals surface area contributed by atoms with Crippen molar-refractivity contribution in [3.8, 4) is 23.8 Å². The zero-order valence-electron chi connectivity index (χ0n) is 8.93. The molecule has 0 aliphatic carbocycles. The first-order valence-electron chi connectivity index (χ1n) is 4.80. The van der Waals surface area contributed by atoms with Crippen molar-refractivity contribution in [2.24, 2.45) is 0 Å². The second-order valence-corrected chi connectivity index (χ2v) is 3.18. The Morgan fingerprint density at radius 1 is 1.69 bits per heavy atom. The predicted molar refractivity (Wildman–Crippen MR) is 60.0 cm³/mol. The molecule has 4 nitrogen and oxygen atoms in total. The summed E-state index contributed by atoms with van der Waals surface area (Å²) in [5.74, 6) is 2.53. The maximum Gasteiger partial charge on any atom is 0.261 e. The van der Waals surface area contributed by atoms with Crippen molar-refractivity contribution in [2.75, 3.05) is 6.54 Å². The summed E-state index contributed by atoms with van der Waals surface area (Å²) in [7, 11) is 0. The molecule has 0 saturated heterocycles. The first-order valence-corrected chi connectivity index (χ1v) is 4.80. The number of benzene rings is 1. The molecular weight excluding hydrogens is 206 g/mol. The molecular formula is C12H13NO3. The highest BCUT2D eigenvalue weighted by Crippen LogP contribution is 2.18. The van der Waals surface area contributed by atoms with E-state index in [1.54, 1.807) is 19.1 Å². The normalized spacial score (nSPS) is 11.2. The highest BCUT2D eigenvalue weighted by atomic mass is 16.5. The minimum absolute atomic E-state index is 0.0914. The maximum atomic E-state index is 11.4. The van der Waals surface area contributed by atoms with Crippen LogP contribution in [0.25, 0.3) is 0 Å². The largest absolute Gasteiger partial charge is 0.508 e. The van der Waals surface area contributed by atoms with Gasteiger partial charge in [-0.05, 0) is 19.1 Å². The summed E-state index contributed by atoms with van der Waals surface area (Å²) in [6.45, 7) is 1.78. The van der Waals surface area contributed by atoms with Crippen LogP contribution in [0.3, 0.4) is 0 Å². The number of hydrogen-bond acceptors (Lipinski definition) is 3. The van der Waals surface area contributed by atoms with Crippen molar-refractivity contribution < 1.29 is 14.6 Å². The van der Waals surface area contributed by atoms with E-state index in [-0.39, 0.29) is 18.2 Å². The van der Waals surface area contributed by atoms with Gasteiger partial charge in [-0.2, -0.15) is 0 Å². The number of hydrogen-bond donors (Lipinski definition) is 2. The first-order chi connectivity index (χ1) is 7.63. The number of aromatic hydroxyl groups is 1. The van der Waals surface area contributed by atoms with E-state index in [9.17, 15) is 9.90 Å². The number of carbonyl (C=O) groups is 1. The predicted octanol–water partition coefficient (Wildman–Crippen LogP) is 0.909. The van der Waals surface area contributed by atoms with Gasteiger partial charge in [0.25, 0.3) is 5.91 Å². The molecule has 84 valence electrons. The summed E-state index contributed by atoms with van der Waals surface area (Å²) in [4.78, 5) is 11.4. The molecule has 1 amide bonds. The van der Waals surface area contributed by atoms with Gasteiger partial charge in [-0.25, -0.2) is 0 Å². The van der Waals surface area contributed by atoms with Crippen LogP contribution in [0.15, 0.2) is 24.3 Å². The summed E-state index contributed by atoms with van der Waals surface area (Å²) >= 11 is 0. The second kappa shape index (κ2) is 5.66. The van der Waals surface area contributed by atoms with E-state index in [2.05, 4.69) is 11.2 Å². The van der Waals surface area contributed by atoms with Crippen molar-refractivity contribution in [2.45, 2.75) is 13.0 Å². The third kappa shape index (κ3) is 3.54. The lowest BCUT2D eigenvalue weighted by atomic mass is 10.3. The third-order valence-electron chi connectivity index (χ3n) is 1.86. The Balaban J connectivity index is 2.54. The van der Waals surface area contributed by atoms with Crippen LogP contribution in [-0.2, 0) is 4.79 Å². The molecule has 0 aliphatic heterocycles. The summed E-state index contributed by atoms with van der Waals surface area (Å²) in [6, 6.07) is 6.25. The lowest BCUT2D eigenvalue weighted by Crippen LogP contribution is -2.36. The monoisotopic (exact) mass is 219 g/mol. The molecule has 1 unspecified atom stereocenters. The molecule has 0 bridgehead atoms. The van der Waals surface area contributed by atoms with E-state index in [1.807, 2.05) is 0 Å². The Bertz CT molecular complexity index is 409. The molecule has 0 radical (unpaired) electrons.